The summed E-state index contributed by atoms with van der Waals surface area (Å²) in [6, 6.07) is 3.15. The number of hydrogen-bond acceptors (Lipinski definition) is 2. The molecule has 5 nitrogen and oxygen atoms in total. The molecule has 0 bridgehead atoms. The quantitative estimate of drug-likeness (QED) is 0.798. The van der Waals surface area contributed by atoms with Crippen molar-refractivity contribution in [2.45, 2.75) is 19.4 Å². The number of benzene rings is 1. The number of carbonyl (C=O) groups is 2. The van der Waals surface area contributed by atoms with Crippen LogP contribution in [-0.2, 0) is 4.79 Å². The highest BCUT2D eigenvalue weighted by atomic mass is 35.5. The average Bonchev–Trinajstić information content (AvgIpc) is 2.30. The van der Waals surface area contributed by atoms with Crippen molar-refractivity contribution in [3.05, 3.63) is 28.2 Å². The van der Waals surface area contributed by atoms with Crippen LogP contribution in [-0.4, -0.2) is 23.1 Å². The van der Waals surface area contributed by atoms with Gasteiger partial charge in [0.1, 0.15) is 6.04 Å². The molecule has 0 heterocycles. The van der Waals surface area contributed by atoms with Crippen LogP contribution in [0.15, 0.2) is 18.2 Å². The van der Waals surface area contributed by atoms with Crippen LogP contribution in [0.4, 0.5) is 10.5 Å². The fraction of sp³-hybridized carbons (Fsp3) is 0.273. The lowest BCUT2D eigenvalue weighted by Crippen LogP contribution is -2.42. The van der Waals surface area contributed by atoms with E-state index in [1.807, 2.05) is 0 Å². The SMILES string of the molecule is CC[C@@H](NC(=O)Nc1c(Cl)cccc1Cl)C(=O)O. The van der Waals surface area contributed by atoms with Crippen LogP contribution in [0.5, 0.6) is 0 Å². The number of carbonyl (C=O) groups excluding carboxylic acids is 1. The average molecular weight is 291 g/mol. The molecule has 0 fully saturated rings. The van der Waals surface area contributed by atoms with Gasteiger partial charge in [-0.25, -0.2) is 9.59 Å². The Kier molecular flexibility index (Phi) is 5.25. The minimum Gasteiger partial charge on any atom is -0.480 e. The van der Waals surface area contributed by atoms with Crippen molar-refractivity contribution in [3.63, 3.8) is 0 Å². The third-order valence-corrected chi connectivity index (χ3v) is 2.84. The topological polar surface area (TPSA) is 78.4 Å². The van der Waals surface area contributed by atoms with E-state index in [4.69, 9.17) is 28.3 Å². The van der Waals surface area contributed by atoms with E-state index >= 15 is 0 Å². The summed E-state index contributed by atoms with van der Waals surface area (Å²) in [6.45, 7) is 1.65. The van der Waals surface area contributed by atoms with Gasteiger partial charge in [-0.2, -0.15) is 0 Å². The predicted molar refractivity (Wildman–Crippen MR) is 70.3 cm³/mol. The van der Waals surface area contributed by atoms with Gasteiger partial charge in [-0.3, -0.25) is 0 Å². The molecule has 1 rings (SSSR count). The Morgan fingerprint density at radius 3 is 2.33 bits per heavy atom. The number of carboxylic acid groups (broad SMARTS) is 1. The Morgan fingerprint density at radius 2 is 1.89 bits per heavy atom. The monoisotopic (exact) mass is 290 g/mol. The molecule has 0 unspecified atom stereocenters. The van der Waals surface area contributed by atoms with Gasteiger partial charge < -0.3 is 15.7 Å². The largest absolute Gasteiger partial charge is 0.480 e. The smallest absolute Gasteiger partial charge is 0.326 e. The van der Waals surface area contributed by atoms with Crippen molar-refractivity contribution in [2.75, 3.05) is 5.32 Å². The molecule has 0 radical (unpaired) electrons. The Morgan fingerprint density at radius 1 is 1.33 bits per heavy atom. The number of nitrogens with one attached hydrogen (secondary N) is 2. The number of hydrogen-bond donors (Lipinski definition) is 3. The minimum atomic E-state index is -1.10. The zero-order chi connectivity index (χ0) is 13.7. The summed E-state index contributed by atoms with van der Waals surface area (Å²) < 4.78 is 0. The molecule has 1 aromatic carbocycles. The second-order valence-electron chi connectivity index (χ2n) is 3.49. The first-order valence-electron chi connectivity index (χ1n) is 5.20. The van der Waals surface area contributed by atoms with Crippen molar-refractivity contribution < 1.29 is 14.7 Å². The van der Waals surface area contributed by atoms with E-state index in [0.717, 1.165) is 0 Å². The van der Waals surface area contributed by atoms with Gasteiger partial charge in [-0.05, 0) is 18.6 Å². The number of aliphatic carboxylic acids is 1. The molecule has 18 heavy (non-hydrogen) atoms. The number of rotatable bonds is 4. The summed E-state index contributed by atoms with van der Waals surface area (Å²) in [5.41, 5.74) is 0.249. The van der Waals surface area contributed by atoms with Crippen LogP contribution in [0.2, 0.25) is 10.0 Å². The van der Waals surface area contributed by atoms with Crippen LogP contribution in [0.1, 0.15) is 13.3 Å². The Hall–Kier alpha value is -1.46. The second-order valence-corrected chi connectivity index (χ2v) is 4.31. The van der Waals surface area contributed by atoms with E-state index in [-0.39, 0.29) is 22.2 Å². The molecule has 98 valence electrons. The molecule has 0 saturated carbocycles. The standard InChI is InChI=1S/C11H12Cl2N2O3/c1-2-8(10(16)17)14-11(18)15-9-6(12)4-3-5-7(9)13/h3-5,8H,2H2,1H3,(H,16,17)(H2,14,15,18)/t8-/m1/s1. The molecule has 0 aliphatic rings. The summed E-state index contributed by atoms with van der Waals surface area (Å²) in [4.78, 5) is 22.3. The molecule has 7 heteroatoms. The summed E-state index contributed by atoms with van der Waals surface area (Å²) in [5, 5.41) is 14.1. The number of carboxylic acids is 1. The fourth-order valence-corrected chi connectivity index (χ4v) is 1.76. The number of para-hydroxylation sites is 1. The molecule has 0 saturated heterocycles. The van der Waals surface area contributed by atoms with Crippen LogP contribution < -0.4 is 10.6 Å². The van der Waals surface area contributed by atoms with Crippen molar-refractivity contribution >= 4 is 40.9 Å². The van der Waals surface area contributed by atoms with E-state index in [1.54, 1.807) is 25.1 Å². The lowest BCUT2D eigenvalue weighted by Gasteiger charge is -2.14. The summed E-state index contributed by atoms with van der Waals surface area (Å²) >= 11 is 11.7. The zero-order valence-electron chi connectivity index (χ0n) is 9.54. The van der Waals surface area contributed by atoms with Crippen molar-refractivity contribution in [1.82, 2.24) is 5.32 Å². The van der Waals surface area contributed by atoms with Gasteiger partial charge in [-0.1, -0.05) is 36.2 Å². The molecule has 1 atom stereocenters. The van der Waals surface area contributed by atoms with Gasteiger partial charge in [0.25, 0.3) is 0 Å². The van der Waals surface area contributed by atoms with Gasteiger partial charge in [-0.15, -0.1) is 0 Å². The number of anilines is 1. The fourth-order valence-electron chi connectivity index (χ4n) is 1.26. The summed E-state index contributed by atoms with van der Waals surface area (Å²) in [7, 11) is 0. The van der Waals surface area contributed by atoms with Gasteiger partial charge in [0.05, 0.1) is 15.7 Å². The zero-order valence-corrected chi connectivity index (χ0v) is 11.0. The van der Waals surface area contributed by atoms with Crippen LogP contribution in [0.3, 0.4) is 0 Å². The molecule has 0 aromatic heterocycles. The summed E-state index contributed by atoms with van der Waals surface area (Å²) in [5.74, 6) is -1.10. The number of urea groups is 1. The van der Waals surface area contributed by atoms with Gasteiger partial charge in [0, 0.05) is 0 Å². The van der Waals surface area contributed by atoms with E-state index in [1.165, 1.54) is 0 Å². The molecule has 0 aliphatic carbocycles. The first kappa shape index (κ1) is 14.6. The lowest BCUT2D eigenvalue weighted by atomic mass is 10.2. The highest BCUT2D eigenvalue weighted by Crippen LogP contribution is 2.29. The molecule has 0 aliphatic heterocycles. The Labute approximate surface area is 114 Å². The van der Waals surface area contributed by atoms with E-state index < -0.39 is 18.0 Å². The van der Waals surface area contributed by atoms with Gasteiger partial charge in [0.2, 0.25) is 0 Å². The van der Waals surface area contributed by atoms with Crippen molar-refractivity contribution in [3.8, 4) is 0 Å². The normalized spacial score (nSPS) is 11.7. The number of amides is 2. The van der Waals surface area contributed by atoms with Gasteiger partial charge >= 0.3 is 12.0 Å². The maximum atomic E-state index is 11.6. The highest BCUT2D eigenvalue weighted by Gasteiger charge is 2.18. The van der Waals surface area contributed by atoms with Crippen molar-refractivity contribution in [2.24, 2.45) is 0 Å². The van der Waals surface area contributed by atoms with E-state index in [9.17, 15) is 9.59 Å². The maximum absolute atomic E-state index is 11.6. The second kappa shape index (κ2) is 6.47. The van der Waals surface area contributed by atoms with Crippen molar-refractivity contribution in [1.29, 1.82) is 0 Å². The van der Waals surface area contributed by atoms with E-state index in [2.05, 4.69) is 10.6 Å². The molecular formula is C11H12Cl2N2O3. The maximum Gasteiger partial charge on any atom is 0.326 e. The minimum absolute atomic E-state index is 0.249. The van der Waals surface area contributed by atoms with Crippen LogP contribution in [0.25, 0.3) is 0 Å². The Bertz CT molecular complexity index is 445. The van der Waals surface area contributed by atoms with Crippen LogP contribution in [0, 0.1) is 0 Å². The third-order valence-electron chi connectivity index (χ3n) is 2.21. The lowest BCUT2D eigenvalue weighted by molar-refractivity contribution is -0.139. The first-order valence-corrected chi connectivity index (χ1v) is 5.95. The molecule has 1 aromatic rings. The van der Waals surface area contributed by atoms with Crippen LogP contribution >= 0.6 is 23.2 Å². The molecule has 0 spiro atoms. The molecular weight excluding hydrogens is 279 g/mol. The Balaban J connectivity index is 2.73. The predicted octanol–water partition coefficient (Wildman–Crippen LogP) is 2.98. The number of halogens is 2. The molecule has 2 amide bonds. The first-order chi connectivity index (χ1) is 8.45. The van der Waals surface area contributed by atoms with Gasteiger partial charge in [0.15, 0.2) is 0 Å². The molecule has 3 N–H and O–H groups in total. The highest BCUT2D eigenvalue weighted by molar-refractivity contribution is 6.39. The van der Waals surface area contributed by atoms with E-state index in [0.29, 0.717) is 0 Å². The summed E-state index contributed by atoms with van der Waals surface area (Å²) in [6.07, 6.45) is 0.277. The third kappa shape index (κ3) is 3.78.